The van der Waals surface area contributed by atoms with Gasteiger partial charge in [-0.15, -0.1) is 15.3 Å². The number of halogens is 1. The lowest BCUT2D eigenvalue weighted by Crippen LogP contribution is -2.13. The van der Waals surface area contributed by atoms with Crippen LogP contribution in [0.2, 0.25) is 0 Å². The number of nitrogens with one attached hydrogen (secondary N) is 1. The smallest absolute Gasteiger partial charge is 0.290 e. The van der Waals surface area contributed by atoms with Crippen LogP contribution in [0, 0.1) is 19.7 Å². The predicted molar refractivity (Wildman–Crippen MR) is 120 cm³/mol. The predicted octanol–water partition coefficient (Wildman–Crippen LogP) is 3.12. The number of carbonyl (C=O) groups is 1. The Morgan fingerprint density at radius 3 is 2.68 bits per heavy atom. The van der Waals surface area contributed by atoms with E-state index in [2.05, 4.69) is 25.7 Å². The molecule has 0 fully saturated rings. The number of aryl methyl sites for hydroxylation is 2. The number of aromatic nitrogens is 5. The first kappa shape index (κ1) is 21.6. The van der Waals surface area contributed by atoms with Gasteiger partial charge in [0, 0.05) is 17.7 Å². The summed E-state index contributed by atoms with van der Waals surface area (Å²) < 4.78 is 28.6. The molecule has 4 aromatic rings. The number of ether oxygens (including phenoxy) is 2. The van der Waals surface area contributed by atoms with E-state index in [1.54, 1.807) is 12.4 Å². The fourth-order valence-corrected chi connectivity index (χ4v) is 4.44. The molecule has 11 heteroatoms. The highest BCUT2D eigenvalue weighted by Crippen LogP contribution is 2.41. The Hall–Kier alpha value is -4.28. The van der Waals surface area contributed by atoms with E-state index in [1.165, 1.54) is 6.07 Å². The van der Waals surface area contributed by atoms with Crippen LogP contribution in [-0.4, -0.2) is 49.6 Å². The Morgan fingerprint density at radius 1 is 1.15 bits per heavy atom. The Kier molecular flexibility index (Phi) is 5.44. The third kappa shape index (κ3) is 3.54. The van der Waals surface area contributed by atoms with Gasteiger partial charge >= 0.3 is 0 Å². The third-order valence-electron chi connectivity index (χ3n) is 5.88. The first-order chi connectivity index (χ1) is 16.5. The van der Waals surface area contributed by atoms with Crippen molar-refractivity contribution >= 4 is 17.9 Å². The highest BCUT2D eigenvalue weighted by atomic mass is 19.1. The van der Waals surface area contributed by atoms with Gasteiger partial charge in [-0.2, -0.15) is 5.10 Å². The van der Waals surface area contributed by atoms with E-state index < -0.39 is 0 Å². The average molecular weight is 464 g/mol. The van der Waals surface area contributed by atoms with Gasteiger partial charge in [-0.05, 0) is 43.7 Å². The molecule has 10 nitrogen and oxygen atoms in total. The molecule has 0 unspecified atom stereocenters. The molecule has 0 bridgehead atoms. The maximum Gasteiger partial charge on any atom is 0.290 e. The van der Waals surface area contributed by atoms with Crippen molar-refractivity contribution in [3.8, 4) is 22.8 Å². The second kappa shape index (κ2) is 8.58. The summed E-state index contributed by atoms with van der Waals surface area (Å²) in [6, 6.07) is 7.02. The zero-order valence-corrected chi connectivity index (χ0v) is 18.4. The topological polar surface area (TPSA) is 124 Å². The molecule has 2 aliphatic heterocycles. The number of anilines is 1. The van der Waals surface area contributed by atoms with Crippen LogP contribution in [0.1, 0.15) is 28.3 Å². The van der Waals surface area contributed by atoms with Crippen LogP contribution in [-0.2, 0) is 11.3 Å². The minimum absolute atomic E-state index is 0.0468. The Bertz CT molecular complexity index is 1410. The van der Waals surface area contributed by atoms with E-state index >= 15 is 0 Å². The van der Waals surface area contributed by atoms with Gasteiger partial charge in [-0.1, -0.05) is 0 Å². The monoisotopic (exact) mass is 464 g/mol. The van der Waals surface area contributed by atoms with Gasteiger partial charge in [-0.3, -0.25) is 9.20 Å². The largest absolute Gasteiger partial charge is 0.493 e. The molecule has 3 aromatic heterocycles. The molecule has 1 aromatic carbocycles. The summed E-state index contributed by atoms with van der Waals surface area (Å²) in [5.41, 5.74) is 5.41. The molecule has 6 rings (SSSR count). The lowest BCUT2D eigenvalue weighted by atomic mass is 9.96. The molecule has 0 radical (unpaired) electrons. The third-order valence-corrected chi connectivity index (χ3v) is 5.88. The Labute approximate surface area is 193 Å². The number of rotatable bonds is 1. The van der Waals surface area contributed by atoms with Crippen LogP contribution in [0.4, 0.5) is 10.2 Å². The Balaban J connectivity index is 0.000000764. The number of hydrogen-bond donors (Lipinski definition) is 2. The van der Waals surface area contributed by atoms with Crippen LogP contribution < -0.4 is 14.8 Å². The lowest BCUT2D eigenvalue weighted by Gasteiger charge is -2.17. The molecule has 0 saturated heterocycles. The molecule has 34 heavy (non-hydrogen) atoms. The maximum atomic E-state index is 14.7. The molecule has 0 spiro atoms. The van der Waals surface area contributed by atoms with E-state index in [9.17, 15) is 4.39 Å². The van der Waals surface area contributed by atoms with Crippen molar-refractivity contribution < 1.29 is 23.8 Å². The first-order valence-corrected chi connectivity index (χ1v) is 10.6. The number of pyridine rings is 1. The van der Waals surface area contributed by atoms with Gasteiger partial charge in [0.2, 0.25) is 0 Å². The minimum Gasteiger partial charge on any atom is -0.493 e. The van der Waals surface area contributed by atoms with E-state index in [1.807, 2.05) is 30.4 Å². The molecular weight excluding hydrogens is 443 g/mol. The van der Waals surface area contributed by atoms with Crippen molar-refractivity contribution in [2.45, 2.75) is 26.3 Å². The number of benzene rings is 1. The summed E-state index contributed by atoms with van der Waals surface area (Å²) in [6.07, 6.45) is 1.61. The lowest BCUT2D eigenvalue weighted by molar-refractivity contribution is -0.122. The fourth-order valence-electron chi connectivity index (χ4n) is 4.44. The van der Waals surface area contributed by atoms with Gasteiger partial charge < -0.3 is 19.9 Å². The maximum absolute atomic E-state index is 14.7. The summed E-state index contributed by atoms with van der Waals surface area (Å²) in [4.78, 5) is 8.36. The van der Waals surface area contributed by atoms with Crippen molar-refractivity contribution in [2.75, 3.05) is 18.5 Å². The van der Waals surface area contributed by atoms with Gasteiger partial charge in [0.05, 0.1) is 36.1 Å². The fraction of sp³-hybridized carbons (Fsp3) is 0.261. The summed E-state index contributed by atoms with van der Waals surface area (Å²) in [7, 11) is 0. The van der Waals surface area contributed by atoms with Crippen molar-refractivity contribution in [1.29, 1.82) is 0 Å². The van der Waals surface area contributed by atoms with Crippen molar-refractivity contribution in [3.05, 3.63) is 58.8 Å². The molecule has 174 valence electrons. The highest BCUT2D eigenvalue weighted by molar-refractivity contribution is 5.81. The molecule has 1 atom stereocenters. The summed E-state index contributed by atoms with van der Waals surface area (Å²) in [5.74, 6) is 1.70. The summed E-state index contributed by atoms with van der Waals surface area (Å²) in [6.45, 7) is 4.76. The molecule has 5 heterocycles. The summed E-state index contributed by atoms with van der Waals surface area (Å²) >= 11 is 0. The van der Waals surface area contributed by atoms with Crippen LogP contribution in [0.3, 0.4) is 0 Å². The number of nitrogens with zero attached hydrogens (tertiary/aromatic N) is 5. The van der Waals surface area contributed by atoms with Gasteiger partial charge in [0.1, 0.15) is 17.9 Å². The minimum atomic E-state index is -0.257. The quantitative estimate of drug-likeness (QED) is 0.409. The number of carboxylic acid groups (broad SMARTS) is 1. The number of fused-ring (bicyclic) bond motifs is 3. The van der Waals surface area contributed by atoms with E-state index in [4.69, 9.17) is 19.4 Å². The van der Waals surface area contributed by atoms with Crippen molar-refractivity contribution in [3.63, 3.8) is 0 Å². The molecule has 0 saturated carbocycles. The molecule has 0 aliphatic carbocycles. The summed E-state index contributed by atoms with van der Waals surface area (Å²) in [5, 5.41) is 27.2. The molecule has 2 aliphatic rings. The zero-order valence-electron chi connectivity index (χ0n) is 18.4. The normalized spacial score (nSPS) is 15.8. The second-order valence-corrected chi connectivity index (χ2v) is 8.03. The average Bonchev–Trinajstić information content (AvgIpc) is 3.46. The van der Waals surface area contributed by atoms with Crippen LogP contribution in [0.25, 0.3) is 16.9 Å². The van der Waals surface area contributed by atoms with Crippen LogP contribution >= 0.6 is 0 Å². The van der Waals surface area contributed by atoms with Crippen molar-refractivity contribution in [1.82, 2.24) is 24.8 Å². The zero-order chi connectivity index (χ0) is 23.8. The SMILES string of the molecule is Cc1cc(C)c(-c2cc3c(n4cnnc24)NCc2c(F)ccc4c2[C@@H](CO4)CO3)nn1.O=CO. The highest BCUT2D eigenvalue weighted by Gasteiger charge is 2.31. The van der Waals surface area contributed by atoms with Crippen LogP contribution in [0.5, 0.6) is 11.5 Å². The first-order valence-electron chi connectivity index (χ1n) is 10.6. The van der Waals surface area contributed by atoms with Gasteiger partial charge in [-0.25, -0.2) is 4.39 Å². The molecule has 2 N–H and O–H groups in total. The second-order valence-electron chi connectivity index (χ2n) is 8.03. The standard InChI is InChI=1S/C22H19FN6O2.CH2O2/c1-11-5-12(2)26-27-20(11)14-6-18-22(29-10-25-28-21(14)29)24-7-15-16(23)3-4-17-19(15)13(8-30-17)9-31-18;2-1-3/h3-6,10,13,24H,7-9H2,1-2H3;1H,(H,2,3)/t13-;/m0./s1. The Morgan fingerprint density at radius 2 is 1.91 bits per heavy atom. The van der Waals surface area contributed by atoms with Gasteiger partial charge in [0.25, 0.3) is 6.47 Å². The van der Waals surface area contributed by atoms with Gasteiger partial charge in [0.15, 0.2) is 17.2 Å². The number of hydrogen-bond acceptors (Lipinski definition) is 8. The van der Waals surface area contributed by atoms with E-state index in [0.29, 0.717) is 42.5 Å². The van der Waals surface area contributed by atoms with E-state index in [-0.39, 0.29) is 18.2 Å². The van der Waals surface area contributed by atoms with E-state index in [0.717, 1.165) is 33.8 Å². The molecular formula is C23H21FN6O4. The molecule has 0 amide bonds. The van der Waals surface area contributed by atoms with Crippen molar-refractivity contribution in [2.24, 2.45) is 0 Å². The van der Waals surface area contributed by atoms with Crippen LogP contribution in [0.15, 0.2) is 30.6 Å².